The average Bonchev–Trinajstić information content (AvgIpc) is 2.27. The van der Waals surface area contributed by atoms with Gasteiger partial charge in [0.15, 0.2) is 0 Å². The normalized spacial score (nSPS) is 10.1. The van der Waals surface area contributed by atoms with Crippen LogP contribution in [0.2, 0.25) is 0 Å². The number of amides is 1. The van der Waals surface area contributed by atoms with Gasteiger partial charge < -0.3 is 10.6 Å². The van der Waals surface area contributed by atoms with Crippen molar-refractivity contribution in [1.82, 2.24) is 10.6 Å². The zero-order valence-corrected chi connectivity index (χ0v) is 10.5. The maximum absolute atomic E-state index is 11.3. The van der Waals surface area contributed by atoms with Crippen molar-refractivity contribution in [3.63, 3.8) is 0 Å². The van der Waals surface area contributed by atoms with Crippen molar-refractivity contribution in [1.29, 1.82) is 0 Å². The molecule has 0 aliphatic rings. The lowest BCUT2D eigenvalue weighted by Crippen LogP contribution is -2.33. The van der Waals surface area contributed by atoms with Crippen LogP contribution < -0.4 is 10.6 Å². The number of carbonyl (C=O) groups excluding carboxylic acids is 1. The summed E-state index contributed by atoms with van der Waals surface area (Å²) < 4.78 is 0. The van der Waals surface area contributed by atoms with E-state index >= 15 is 0 Å². The number of rotatable bonds is 9. The van der Waals surface area contributed by atoms with E-state index < -0.39 is 0 Å². The molecule has 1 amide bonds. The quantitative estimate of drug-likeness (QED) is 0.585. The molecule has 2 N–H and O–H groups in total. The number of nitrogens with one attached hydrogen (secondary N) is 2. The summed E-state index contributed by atoms with van der Waals surface area (Å²) in [5.74, 6) is 2.41. The maximum Gasteiger partial charge on any atom is 0.222 e. The Balaban J connectivity index is 3.60. The second-order valence-electron chi connectivity index (χ2n) is 3.96. The summed E-state index contributed by atoms with van der Waals surface area (Å²) in [6.45, 7) is 5.43. The molecule has 0 atom stereocenters. The molecule has 0 saturated carbocycles. The Morgan fingerprint density at radius 2 is 1.94 bits per heavy atom. The monoisotopic (exact) mass is 224 g/mol. The Labute approximate surface area is 99.4 Å². The van der Waals surface area contributed by atoms with E-state index in [0.717, 1.165) is 6.54 Å². The first kappa shape index (κ1) is 15.0. The molecular formula is C13H24N2O. The van der Waals surface area contributed by atoms with Crippen molar-refractivity contribution in [3.05, 3.63) is 0 Å². The van der Waals surface area contributed by atoms with E-state index in [1.807, 2.05) is 0 Å². The van der Waals surface area contributed by atoms with Crippen LogP contribution in [0.3, 0.4) is 0 Å². The third kappa shape index (κ3) is 8.31. The van der Waals surface area contributed by atoms with Gasteiger partial charge in [0.25, 0.3) is 0 Å². The molecule has 0 fully saturated rings. The highest BCUT2D eigenvalue weighted by Gasteiger charge is 2.06. The van der Waals surface area contributed by atoms with E-state index in [4.69, 9.17) is 6.42 Å². The molecule has 0 aliphatic carbocycles. The van der Waals surface area contributed by atoms with Gasteiger partial charge >= 0.3 is 0 Å². The molecule has 0 radical (unpaired) electrons. The van der Waals surface area contributed by atoms with Crippen LogP contribution in [0.4, 0.5) is 0 Å². The fourth-order valence-corrected chi connectivity index (χ4v) is 1.67. The van der Waals surface area contributed by atoms with Gasteiger partial charge in [-0.25, -0.2) is 0 Å². The lowest BCUT2D eigenvalue weighted by molar-refractivity contribution is -0.120. The number of terminal acetylenes is 1. The smallest absolute Gasteiger partial charge is 0.222 e. The predicted octanol–water partition coefficient (Wildman–Crippen LogP) is 1.68. The molecular weight excluding hydrogens is 200 g/mol. The van der Waals surface area contributed by atoms with Crippen LogP contribution in [-0.4, -0.2) is 25.0 Å². The molecule has 16 heavy (non-hydrogen) atoms. The van der Waals surface area contributed by atoms with Crippen molar-refractivity contribution >= 4 is 5.91 Å². The van der Waals surface area contributed by atoms with Gasteiger partial charge in [0, 0.05) is 19.0 Å². The van der Waals surface area contributed by atoms with E-state index in [0.29, 0.717) is 19.0 Å². The van der Waals surface area contributed by atoms with Gasteiger partial charge in [0.05, 0.1) is 6.54 Å². The van der Waals surface area contributed by atoms with Gasteiger partial charge in [0.2, 0.25) is 5.91 Å². The Hall–Kier alpha value is -1.01. The first-order valence-electron chi connectivity index (χ1n) is 6.18. The molecule has 0 bridgehead atoms. The van der Waals surface area contributed by atoms with Crippen LogP contribution >= 0.6 is 0 Å². The Bertz CT molecular complexity index is 214. The Kier molecular flexibility index (Phi) is 9.84. The van der Waals surface area contributed by atoms with Crippen LogP contribution in [0, 0.1) is 12.3 Å². The van der Waals surface area contributed by atoms with E-state index in [9.17, 15) is 4.79 Å². The summed E-state index contributed by atoms with van der Waals surface area (Å²) in [5, 5.41) is 6.07. The molecule has 0 aromatic carbocycles. The van der Waals surface area contributed by atoms with Crippen molar-refractivity contribution < 1.29 is 4.79 Å². The summed E-state index contributed by atoms with van der Waals surface area (Å²) >= 11 is 0. The summed E-state index contributed by atoms with van der Waals surface area (Å²) in [7, 11) is 0. The molecule has 0 aromatic rings. The van der Waals surface area contributed by atoms with E-state index in [2.05, 4.69) is 30.4 Å². The van der Waals surface area contributed by atoms with Crippen molar-refractivity contribution in [2.45, 2.75) is 52.0 Å². The highest BCUT2D eigenvalue weighted by Crippen LogP contribution is 2.04. The molecule has 3 nitrogen and oxygen atoms in total. The standard InChI is InChI=1S/C13H24N2O/c1-4-7-12(8-5-2)14-11-9-13(16)15-10-6-3/h3,12,14H,4-5,7-11H2,1-2H3,(H,15,16). The topological polar surface area (TPSA) is 41.1 Å². The molecule has 0 spiro atoms. The molecule has 0 aliphatic heterocycles. The second-order valence-corrected chi connectivity index (χ2v) is 3.96. The van der Waals surface area contributed by atoms with Crippen LogP contribution in [0.1, 0.15) is 46.0 Å². The summed E-state index contributed by atoms with van der Waals surface area (Å²) in [6.07, 6.45) is 10.3. The van der Waals surface area contributed by atoms with Gasteiger partial charge in [-0.1, -0.05) is 32.6 Å². The fraction of sp³-hybridized carbons (Fsp3) is 0.769. The van der Waals surface area contributed by atoms with Crippen molar-refractivity contribution in [2.24, 2.45) is 0 Å². The minimum absolute atomic E-state index is 0.0252. The predicted molar refractivity (Wildman–Crippen MR) is 68.1 cm³/mol. The van der Waals surface area contributed by atoms with Crippen LogP contribution in [-0.2, 0) is 4.79 Å². The molecule has 3 heteroatoms. The second kappa shape index (κ2) is 10.5. The summed E-state index contributed by atoms with van der Waals surface area (Å²) in [5.41, 5.74) is 0. The third-order valence-electron chi connectivity index (χ3n) is 2.45. The summed E-state index contributed by atoms with van der Waals surface area (Å²) in [6, 6.07) is 0.551. The van der Waals surface area contributed by atoms with E-state index in [1.165, 1.54) is 25.7 Å². The Morgan fingerprint density at radius 3 is 2.44 bits per heavy atom. The molecule has 0 rings (SSSR count). The highest BCUT2D eigenvalue weighted by atomic mass is 16.1. The van der Waals surface area contributed by atoms with Gasteiger partial charge in [0.1, 0.15) is 0 Å². The first-order valence-corrected chi connectivity index (χ1v) is 6.18. The van der Waals surface area contributed by atoms with Gasteiger partial charge in [-0.15, -0.1) is 6.42 Å². The van der Waals surface area contributed by atoms with Gasteiger partial charge in [-0.3, -0.25) is 4.79 Å². The summed E-state index contributed by atoms with van der Waals surface area (Å²) in [4.78, 5) is 11.3. The first-order chi connectivity index (χ1) is 7.74. The van der Waals surface area contributed by atoms with Crippen LogP contribution in [0.15, 0.2) is 0 Å². The largest absolute Gasteiger partial charge is 0.345 e. The maximum atomic E-state index is 11.3. The SMILES string of the molecule is C#CCNC(=O)CCNC(CCC)CCC. The lowest BCUT2D eigenvalue weighted by atomic mass is 10.1. The van der Waals surface area contributed by atoms with E-state index in [-0.39, 0.29) is 5.91 Å². The molecule has 0 unspecified atom stereocenters. The van der Waals surface area contributed by atoms with E-state index in [1.54, 1.807) is 0 Å². The van der Waals surface area contributed by atoms with Crippen LogP contribution in [0.25, 0.3) is 0 Å². The third-order valence-corrected chi connectivity index (χ3v) is 2.45. The van der Waals surface area contributed by atoms with Crippen molar-refractivity contribution in [2.75, 3.05) is 13.1 Å². The highest BCUT2D eigenvalue weighted by molar-refractivity contribution is 5.76. The zero-order chi connectivity index (χ0) is 12.2. The molecule has 92 valence electrons. The number of hydrogen-bond acceptors (Lipinski definition) is 2. The molecule has 0 saturated heterocycles. The van der Waals surface area contributed by atoms with Crippen LogP contribution in [0.5, 0.6) is 0 Å². The fourth-order valence-electron chi connectivity index (χ4n) is 1.67. The average molecular weight is 224 g/mol. The van der Waals surface area contributed by atoms with Gasteiger partial charge in [-0.2, -0.15) is 0 Å². The molecule has 0 aromatic heterocycles. The minimum atomic E-state index is 0.0252. The number of carbonyl (C=O) groups is 1. The Morgan fingerprint density at radius 1 is 1.31 bits per heavy atom. The lowest BCUT2D eigenvalue weighted by Gasteiger charge is -2.16. The van der Waals surface area contributed by atoms with Crippen molar-refractivity contribution in [3.8, 4) is 12.3 Å². The zero-order valence-electron chi connectivity index (χ0n) is 10.5. The molecule has 0 heterocycles. The number of hydrogen-bond donors (Lipinski definition) is 2. The minimum Gasteiger partial charge on any atom is -0.345 e. The van der Waals surface area contributed by atoms with Gasteiger partial charge in [-0.05, 0) is 12.8 Å².